The molecule has 0 fully saturated rings. The molecule has 0 aliphatic rings. The molecule has 0 N–H and O–H groups in total. The third kappa shape index (κ3) is 3.76. The van der Waals surface area contributed by atoms with Crippen molar-refractivity contribution in [3.05, 3.63) is 63.6 Å². The Morgan fingerprint density at radius 2 is 1.88 bits per heavy atom. The molecular formula is C16H14F3NO4. The number of carbonyl (C=O) groups is 1. The molecule has 1 aromatic carbocycles. The number of pyridine rings is 1. The van der Waals surface area contributed by atoms with E-state index in [4.69, 9.17) is 4.74 Å². The number of esters is 1. The lowest BCUT2D eigenvalue weighted by Crippen LogP contribution is -2.22. The zero-order valence-electron chi connectivity index (χ0n) is 12.9. The average molecular weight is 341 g/mol. The van der Waals surface area contributed by atoms with Gasteiger partial charge in [-0.15, -0.1) is 0 Å². The monoisotopic (exact) mass is 341 g/mol. The Morgan fingerprint density at radius 3 is 2.46 bits per heavy atom. The Labute approximate surface area is 135 Å². The number of carbonyl (C=O) groups excluding carboxylic acids is 1. The maximum absolute atomic E-state index is 12.8. The Bertz CT molecular complexity index is 812. The molecule has 0 amide bonds. The number of methoxy groups -OCH3 is 2. The van der Waals surface area contributed by atoms with Crippen LogP contribution in [-0.4, -0.2) is 24.8 Å². The summed E-state index contributed by atoms with van der Waals surface area (Å²) in [5.74, 6) is -0.307. The van der Waals surface area contributed by atoms with Crippen LogP contribution in [0.4, 0.5) is 13.2 Å². The van der Waals surface area contributed by atoms with Gasteiger partial charge in [-0.25, -0.2) is 4.79 Å². The topological polar surface area (TPSA) is 57.5 Å². The van der Waals surface area contributed by atoms with Crippen molar-refractivity contribution in [3.63, 3.8) is 0 Å². The smallest absolute Gasteiger partial charge is 0.417 e. The maximum atomic E-state index is 12.8. The second-order valence-electron chi connectivity index (χ2n) is 4.90. The number of hydrogen-bond acceptors (Lipinski definition) is 4. The standard InChI is InChI=1S/C16H14F3NO4/c1-23-13-7-10(15(22)24-2)3-4-11(13)8-20-9-12(16(17,18)19)5-6-14(20)21/h3-7,9H,8H2,1-2H3. The van der Waals surface area contributed by atoms with Crippen LogP contribution in [0.2, 0.25) is 0 Å². The van der Waals surface area contributed by atoms with Gasteiger partial charge in [-0.1, -0.05) is 6.07 Å². The van der Waals surface area contributed by atoms with E-state index in [1.165, 1.54) is 32.4 Å². The molecule has 1 aromatic heterocycles. The zero-order chi connectivity index (χ0) is 17.9. The normalized spacial score (nSPS) is 11.2. The van der Waals surface area contributed by atoms with Crippen molar-refractivity contribution in [2.24, 2.45) is 0 Å². The second-order valence-corrected chi connectivity index (χ2v) is 4.90. The van der Waals surface area contributed by atoms with Crippen LogP contribution in [0, 0.1) is 0 Å². The lowest BCUT2D eigenvalue weighted by molar-refractivity contribution is -0.138. The summed E-state index contributed by atoms with van der Waals surface area (Å²) in [7, 11) is 2.58. The summed E-state index contributed by atoms with van der Waals surface area (Å²) in [4.78, 5) is 23.3. The first kappa shape index (κ1) is 17.6. The molecule has 0 aliphatic carbocycles. The fourth-order valence-corrected chi connectivity index (χ4v) is 2.13. The highest BCUT2D eigenvalue weighted by Crippen LogP contribution is 2.28. The van der Waals surface area contributed by atoms with Crippen molar-refractivity contribution in [1.82, 2.24) is 4.57 Å². The van der Waals surface area contributed by atoms with Gasteiger partial charge in [-0.05, 0) is 18.2 Å². The fraction of sp³-hybridized carbons (Fsp3) is 0.250. The first-order valence-corrected chi connectivity index (χ1v) is 6.79. The van der Waals surface area contributed by atoms with E-state index in [1.807, 2.05) is 0 Å². The van der Waals surface area contributed by atoms with Crippen LogP contribution < -0.4 is 10.3 Å². The molecule has 5 nitrogen and oxygen atoms in total. The van der Waals surface area contributed by atoms with Crippen LogP contribution in [0.5, 0.6) is 5.75 Å². The Hall–Kier alpha value is -2.77. The largest absolute Gasteiger partial charge is 0.496 e. The summed E-state index contributed by atoms with van der Waals surface area (Å²) in [6.45, 7) is -0.132. The van der Waals surface area contributed by atoms with E-state index in [1.54, 1.807) is 0 Å². The van der Waals surface area contributed by atoms with Gasteiger partial charge < -0.3 is 14.0 Å². The van der Waals surface area contributed by atoms with Crippen molar-refractivity contribution in [2.75, 3.05) is 14.2 Å². The van der Waals surface area contributed by atoms with E-state index in [0.29, 0.717) is 5.56 Å². The highest BCUT2D eigenvalue weighted by atomic mass is 19.4. The highest BCUT2D eigenvalue weighted by molar-refractivity contribution is 5.89. The minimum absolute atomic E-state index is 0.132. The molecule has 0 bridgehead atoms. The van der Waals surface area contributed by atoms with Gasteiger partial charge in [0.05, 0.1) is 31.9 Å². The summed E-state index contributed by atoms with van der Waals surface area (Å²) < 4.78 is 49.0. The Morgan fingerprint density at radius 1 is 1.17 bits per heavy atom. The maximum Gasteiger partial charge on any atom is 0.417 e. The molecule has 24 heavy (non-hydrogen) atoms. The van der Waals surface area contributed by atoms with E-state index < -0.39 is 23.3 Å². The summed E-state index contributed by atoms with van der Waals surface area (Å²) in [6, 6.07) is 5.94. The Balaban J connectivity index is 2.41. The van der Waals surface area contributed by atoms with Crippen LogP contribution >= 0.6 is 0 Å². The zero-order valence-corrected chi connectivity index (χ0v) is 12.9. The molecule has 2 aromatic rings. The van der Waals surface area contributed by atoms with Crippen molar-refractivity contribution in [3.8, 4) is 5.75 Å². The van der Waals surface area contributed by atoms with Crippen molar-refractivity contribution in [2.45, 2.75) is 12.7 Å². The number of halogens is 3. The number of ether oxygens (including phenoxy) is 2. The molecule has 2 rings (SSSR count). The molecule has 0 unspecified atom stereocenters. The SMILES string of the molecule is COC(=O)c1ccc(Cn2cc(C(F)(F)F)ccc2=O)c(OC)c1. The van der Waals surface area contributed by atoms with Crippen molar-refractivity contribution < 1.29 is 27.4 Å². The van der Waals surface area contributed by atoms with Crippen LogP contribution in [0.1, 0.15) is 21.5 Å². The quantitative estimate of drug-likeness (QED) is 0.803. The van der Waals surface area contributed by atoms with Crippen molar-refractivity contribution in [1.29, 1.82) is 0 Å². The lowest BCUT2D eigenvalue weighted by Gasteiger charge is -2.13. The molecule has 0 spiro atoms. The van der Waals surface area contributed by atoms with Crippen LogP contribution in [0.15, 0.2) is 41.3 Å². The fourth-order valence-electron chi connectivity index (χ4n) is 2.13. The predicted octanol–water partition coefficient (Wildman–Crippen LogP) is 2.71. The minimum atomic E-state index is -4.55. The third-order valence-electron chi connectivity index (χ3n) is 3.36. The third-order valence-corrected chi connectivity index (χ3v) is 3.36. The van der Waals surface area contributed by atoms with Gasteiger partial charge >= 0.3 is 12.1 Å². The number of nitrogens with zero attached hydrogens (tertiary/aromatic N) is 1. The molecular weight excluding hydrogens is 327 g/mol. The number of rotatable bonds is 4. The van der Waals surface area contributed by atoms with Gasteiger partial charge in [0.15, 0.2) is 0 Å². The minimum Gasteiger partial charge on any atom is -0.496 e. The predicted molar refractivity (Wildman–Crippen MR) is 79.1 cm³/mol. The van der Waals surface area contributed by atoms with E-state index in [0.717, 1.165) is 22.9 Å². The molecule has 8 heteroatoms. The highest BCUT2D eigenvalue weighted by Gasteiger charge is 2.31. The summed E-state index contributed by atoms with van der Waals surface area (Å²) in [5.41, 5.74) is -0.824. The molecule has 0 aliphatic heterocycles. The van der Waals surface area contributed by atoms with Gasteiger partial charge in [0.2, 0.25) is 0 Å². The van der Waals surface area contributed by atoms with E-state index in [-0.39, 0.29) is 17.9 Å². The molecule has 1 heterocycles. The van der Waals surface area contributed by atoms with Crippen LogP contribution in [0.25, 0.3) is 0 Å². The molecule has 0 saturated carbocycles. The lowest BCUT2D eigenvalue weighted by atomic mass is 10.1. The average Bonchev–Trinajstić information content (AvgIpc) is 2.55. The first-order valence-electron chi connectivity index (χ1n) is 6.79. The Kier molecular flexibility index (Phi) is 4.96. The van der Waals surface area contributed by atoms with Gasteiger partial charge in [0.25, 0.3) is 5.56 Å². The van der Waals surface area contributed by atoms with Gasteiger partial charge in [-0.2, -0.15) is 13.2 Å². The van der Waals surface area contributed by atoms with Gasteiger partial charge in [0, 0.05) is 17.8 Å². The summed E-state index contributed by atoms with van der Waals surface area (Å²) in [6.07, 6.45) is -3.80. The molecule has 0 atom stereocenters. The van der Waals surface area contributed by atoms with Crippen LogP contribution in [-0.2, 0) is 17.5 Å². The number of benzene rings is 1. The molecule has 0 saturated heterocycles. The first-order chi connectivity index (χ1) is 11.3. The van der Waals surface area contributed by atoms with Gasteiger partial charge in [-0.3, -0.25) is 4.79 Å². The van der Waals surface area contributed by atoms with Crippen LogP contribution in [0.3, 0.4) is 0 Å². The number of alkyl halides is 3. The van der Waals surface area contributed by atoms with E-state index in [2.05, 4.69) is 4.74 Å². The van der Waals surface area contributed by atoms with E-state index >= 15 is 0 Å². The second kappa shape index (κ2) is 6.77. The summed E-state index contributed by atoms with van der Waals surface area (Å²) >= 11 is 0. The number of aromatic nitrogens is 1. The van der Waals surface area contributed by atoms with E-state index in [9.17, 15) is 22.8 Å². The summed E-state index contributed by atoms with van der Waals surface area (Å²) in [5, 5.41) is 0. The molecule has 128 valence electrons. The van der Waals surface area contributed by atoms with Crippen molar-refractivity contribution >= 4 is 5.97 Å². The molecule has 0 radical (unpaired) electrons. The number of hydrogen-bond donors (Lipinski definition) is 0. The van der Waals surface area contributed by atoms with Gasteiger partial charge in [0.1, 0.15) is 5.75 Å².